The molecule has 4 amide bonds. The molecule has 718 valence electrons. The maximum atomic E-state index is 13.6. The van der Waals surface area contributed by atoms with E-state index < -0.39 is 13.2 Å². The van der Waals surface area contributed by atoms with E-state index >= 15 is 0 Å². The summed E-state index contributed by atoms with van der Waals surface area (Å²) in [6.07, 6.45) is 18.4. The van der Waals surface area contributed by atoms with E-state index in [2.05, 4.69) is 73.0 Å². The Morgan fingerprint density at radius 3 is 0.950 bits per heavy atom. The van der Waals surface area contributed by atoms with Crippen LogP contribution in [0.5, 0.6) is 0 Å². The SMILES string of the molecule is Cc1c(C(=O)N(C)C2CCCCC2)nc(-c2ccc(Cl)cc2Cl)n1-c1ccc(C#CCCO)cc1.Cc1c(C(=O)N(C)C2CCCCC2)nc(-c2ccc(Cl)cc2Cl)n1-c1ccc(C#CCO)cc1.O=C(NN1CCCCC1)c1nc(-c2ccc(Cl)cc2Cl)n(-c2ccc(C#CCO)cc2)c1CO.[C-]#[N+]CCC#Cc1ccc(-n2c(-c3ccc(Cl)cc3Cl)nc(C(=O)NN3CCCCC3)c2CO)cc1. The number of aromatic nitrogens is 8. The van der Waals surface area contributed by atoms with Crippen LogP contribution in [0.4, 0.5) is 0 Å². The van der Waals surface area contributed by atoms with Gasteiger partial charge in [0.25, 0.3) is 23.6 Å². The first-order valence-corrected chi connectivity index (χ1v) is 49.0. The smallest absolute Gasteiger partial charge is 0.286 e. The summed E-state index contributed by atoms with van der Waals surface area (Å²) < 4.78 is 7.35. The highest BCUT2D eigenvalue weighted by Gasteiger charge is 2.34. The topological polar surface area (TPSA) is 282 Å². The zero-order chi connectivity index (χ0) is 98.8. The van der Waals surface area contributed by atoms with Crippen molar-refractivity contribution < 1.29 is 44.7 Å². The van der Waals surface area contributed by atoms with Crippen molar-refractivity contribution in [3.8, 4) is 116 Å². The first kappa shape index (κ1) is 105. The Hall–Kier alpha value is -11.8. The molecule has 0 unspecified atom stereocenters. The number of benzene rings is 8. The van der Waals surface area contributed by atoms with Crippen LogP contribution in [0.2, 0.25) is 40.2 Å². The number of carbonyl (C=O) groups is 4. The van der Waals surface area contributed by atoms with Gasteiger partial charge >= 0.3 is 0 Å². The van der Waals surface area contributed by atoms with E-state index in [1.807, 2.05) is 154 Å². The molecule has 2 aliphatic carbocycles. The number of nitrogens with one attached hydrogen (secondary N) is 2. The Morgan fingerprint density at radius 1 is 0.381 bits per heavy atom. The van der Waals surface area contributed by atoms with Gasteiger partial charge in [0.2, 0.25) is 6.54 Å². The number of aliphatic hydroxyl groups is 5. The molecule has 24 nitrogen and oxygen atoms in total. The average molecular weight is 2030 g/mol. The molecular weight excluding hydrogens is 1920 g/mol. The van der Waals surface area contributed by atoms with Crippen LogP contribution in [0.3, 0.4) is 0 Å². The van der Waals surface area contributed by atoms with Crippen molar-refractivity contribution in [1.29, 1.82) is 0 Å². The summed E-state index contributed by atoms with van der Waals surface area (Å²) in [4.78, 5) is 79.5. The third-order valence-corrected chi connectivity index (χ3v) is 26.5. The predicted octanol–water partition coefficient (Wildman–Crippen LogP) is 21.1. The number of rotatable bonds is 20. The van der Waals surface area contributed by atoms with Crippen LogP contribution in [-0.2, 0) is 13.2 Å². The molecule has 2 saturated carbocycles. The molecule has 32 heteroatoms. The van der Waals surface area contributed by atoms with Crippen LogP contribution in [0.1, 0.15) is 203 Å². The van der Waals surface area contributed by atoms with Gasteiger partial charge in [-0.25, -0.2) is 36.5 Å². The highest BCUT2D eigenvalue weighted by atomic mass is 35.5. The summed E-state index contributed by atoms with van der Waals surface area (Å²) >= 11 is 50.6. The second kappa shape index (κ2) is 50.9. The van der Waals surface area contributed by atoms with Crippen molar-refractivity contribution in [2.45, 2.75) is 155 Å². The number of nitrogens with zero attached hydrogens (tertiary/aromatic N) is 13. The lowest BCUT2D eigenvalue weighted by molar-refractivity contribution is 0.0682. The molecule has 12 aromatic rings. The Kier molecular flexibility index (Phi) is 38.3. The molecule has 0 spiro atoms. The number of aliphatic hydroxyl groups excluding tert-OH is 5. The number of carbonyl (C=O) groups excluding carboxylic acids is 4. The number of hydrazine groups is 2. The molecule has 0 atom stereocenters. The summed E-state index contributed by atoms with van der Waals surface area (Å²) in [6, 6.07) is 51.0. The summed E-state index contributed by atoms with van der Waals surface area (Å²) in [5.41, 5.74) is 17.9. The molecule has 6 heterocycles. The zero-order valence-electron chi connectivity index (χ0n) is 77.3. The van der Waals surface area contributed by atoms with E-state index in [0.717, 1.165) is 161 Å². The van der Waals surface area contributed by atoms with Crippen LogP contribution in [0.15, 0.2) is 170 Å². The van der Waals surface area contributed by atoms with Crippen molar-refractivity contribution >= 4 is 116 Å². The maximum absolute atomic E-state index is 13.6. The number of imidazole rings is 4. The van der Waals surface area contributed by atoms with Crippen LogP contribution < -0.4 is 10.9 Å². The average Bonchev–Trinajstić information content (AvgIpc) is 1.63. The lowest BCUT2D eigenvalue weighted by Crippen LogP contribution is -2.45. The fourth-order valence-corrected chi connectivity index (χ4v) is 19.1. The van der Waals surface area contributed by atoms with Gasteiger partial charge in [0.1, 0.15) is 47.9 Å². The van der Waals surface area contributed by atoms with E-state index in [-0.39, 0.29) is 66.9 Å². The van der Waals surface area contributed by atoms with E-state index in [1.54, 1.807) is 81.9 Å². The normalized spacial score (nSPS) is 13.8. The Balaban J connectivity index is 0.000000156. The number of piperidine rings is 2. The molecule has 2 aliphatic heterocycles. The highest BCUT2D eigenvalue weighted by Crippen LogP contribution is 2.41. The molecule has 4 fully saturated rings. The molecule has 7 N–H and O–H groups in total. The third kappa shape index (κ3) is 26.5. The van der Waals surface area contributed by atoms with E-state index in [4.69, 9.17) is 125 Å². The van der Waals surface area contributed by atoms with Crippen molar-refractivity contribution in [2.75, 3.05) is 66.6 Å². The summed E-state index contributed by atoms with van der Waals surface area (Å²) in [5.74, 6) is 24.1. The fraction of sp³-hybridized carbons (Fsp3) is 0.318. The van der Waals surface area contributed by atoms with Gasteiger partial charge in [0.05, 0.1) is 69.1 Å². The Labute approximate surface area is 849 Å². The second-order valence-corrected chi connectivity index (χ2v) is 36.9. The van der Waals surface area contributed by atoms with E-state index in [0.29, 0.717) is 139 Å². The van der Waals surface area contributed by atoms with Gasteiger partial charge < -0.3 is 40.2 Å². The van der Waals surface area contributed by atoms with Crippen molar-refractivity contribution in [1.82, 2.24) is 68.9 Å². The van der Waals surface area contributed by atoms with Crippen LogP contribution >= 0.6 is 92.8 Å². The quantitative estimate of drug-likeness (QED) is 0.0212. The molecule has 0 bridgehead atoms. The molecule has 2 saturated heterocycles. The first-order valence-electron chi connectivity index (χ1n) is 46.0. The van der Waals surface area contributed by atoms with E-state index in [9.17, 15) is 29.4 Å². The van der Waals surface area contributed by atoms with Crippen molar-refractivity contribution in [3.63, 3.8) is 0 Å². The van der Waals surface area contributed by atoms with Gasteiger partial charge in [-0.05, 0) is 235 Å². The van der Waals surface area contributed by atoms with Crippen molar-refractivity contribution in [2.24, 2.45) is 0 Å². The van der Waals surface area contributed by atoms with Gasteiger partial charge in [-0.2, -0.15) is 0 Å². The number of hydrogen-bond acceptors (Lipinski definition) is 15. The molecule has 139 heavy (non-hydrogen) atoms. The minimum Gasteiger partial charge on any atom is -0.395 e. The van der Waals surface area contributed by atoms with Gasteiger partial charge in [-0.15, -0.1) is 0 Å². The zero-order valence-corrected chi connectivity index (χ0v) is 83.4. The van der Waals surface area contributed by atoms with Crippen LogP contribution in [0.25, 0.3) is 73.1 Å². The van der Waals surface area contributed by atoms with E-state index in [1.165, 1.54) is 12.8 Å². The third-order valence-electron chi connectivity index (χ3n) is 24.3. The van der Waals surface area contributed by atoms with Gasteiger partial charge in [-0.1, -0.05) is 192 Å². The van der Waals surface area contributed by atoms with Gasteiger partial charge in [-0.3, -0.25) is 48.3 Å². The molecule has 4 aliphatic rings. The minimum atomic E-state index is -0.410. The lowest BCUT2D eigenvalue weighted by atomic mass is 9.94. The number of halogens is 8. The second-order valence-electron chi connectivity index (χ2n) is 33.6. The number of hydrogen-bond donors (Lipinski definition) is 7. The summed E-state index contributed by atoms with van der Waals surface area (Å²) in [7, 11) is 3.76. The Morgan fingerprint density at radius 2 is 0.662 bits per heavy atom. The first-order chi connectivity index (χ1) is 67.3. The molecule has 8 aromatic carbocycles. The van der Waals surface area contributed by atoms with Crippen LogP contribution in [-0.4, -0.2) is 186 Å². The summed E-state index contributed by atoms with van der Waals surface area (Å²) in [6.45, 7) is 12.9. The summed E-state index contributed by atoms with van der Waals surface area (Å²) in [5, 5.41) is 55.0. The monoisotopic (exact) mass is 2020 g/mol. The highest BCUT2D eigenvalue weighted by molar-refractivity contribution is 6.38. The molecule has 4 aromatic heterocycles. The predicted molar refractivity (Wildman–Crippen MR) is 551 cm³/mol. The molecular formula is C107H105Cl8N15O9. The fourth-order valence-electron chi connectivity index (χ4n) is 17.1. The lowest BCUT2D eigenvalue weighted by Gasteiger charge is -2.30. The minimum absolute atomic E-state index is 0.0383. The van der Waals surface area contributed by atoms with Gasteiger partial charge in [0, 0.05) is 146 Å². The van der Waals surface area contributed by atoms with Crippen molar-refractivity contribution in [3.05, 3.63) is 289 Å². The largest absolute Gasteiger partial charge is 0.395 e. The number of amides is 4. The molecule has 16 rings (SSSR count). The maximum Gasteiger partial charge on any atom is 0.286 e. The van der Waals surface area contributed by atoms with Gasteiger partial charge in [0.15, 0.2) is 11.4 Å². The Bertz CT molecular complexity index is 6700. The van der Waals surface area contributed by atoms with Crippen LogP contribution in [0, 0.1) is 67.8 Å². The molecule has 0 radical (unpaired) electrons. The standard InChI is InChI=1S/C28H29Cl2N3O2.C27H25Cl2N5O2.C27H27Cl2N3O2.C25H24Cl2N4O3/c1-19-26(28(35)32(2)22-9-4-3-5-10-22)31-27(24-16-13-21(29)18-25(24)30)33(19)23-14-11-20(12-15-23)8-6-7-17-34;1-30-14-4-3-7-19-8-11-21(12-9-19)34-24(18-35)25(27(36)32-33-15-5-2-6-16-33)31-26(34)22-13-10-20(28)17-23(22)29;1-18-25(27(34)31(2)21-8-4-3-5-9-21)30-26(23-15-12-20(28)17-24(23)29)32(18)22-13-10-19(11-14-22)7-6-16-33;26-18-8-11-20(21(27)15-18)24-28-23(25(34)29-30-12-2-1-3-13-30)22(16-33)31(24)19-9-6-17(7-10-19)5-4-14-32/h11-16,18,22,34H,3-5,7,9-10,17H2,1-2H3;8-13,17,35H,2,4-6,14-16,18H2,(H,32,36);10-15,17,21,33H,3-5,8-9,16H2,1-2H3;6-11,15,32-33H,1-3,12-14,16H2,(H,29,34).